The van der Waals surface area contributed by atoms with Gasteiger partial charge in [-0.05, 0) is 30.7 Å². The number of benzene rings is 1. The van der Waals surface area contributed by atoms with Crippen LogP contribution in [0.2, 0.25) is 5.02 Å². The lowest BCUT2D eigenvalue weighted by molar-refractivity contribution is 0.535. The Morgan fingerprint density at radius 1 is 1.43 bits per heavy atom. The van der Waals surface area contributed by atoms with E-state index in [1.54, 1.807) is 12.1 Å². The van der Waals surface area contributed by atoms with Crippen molar-refractivity contribution in [3.63, 3.8) is 0 Å². The van der Waals surface area contributed by atoms with Crippen molar-refractivity contribution in [2.45, 2.75) is 26.3 Å². The second-order valence-corrected chi connectivity index (χ2v) is 3.60. The molecule has 3 heteroatoms. The molecule has 1 unspecified atom stereocenters. The molecule has 0 amide bonds. The molecule has 14 heavy (non-hydrogen) atoms. The van der Waals surface area contributed by atoms with Crippen LogP contribution in [0, 0.1) is 5.82 Å². The summed E-state index contributed by atoms with van der Waals surface area (Å²) in [5.41, 5.74) is 1.04. The maximum Gasteiger partial charge on any atom is 0.141 e. The second kappa shape index (κ2) is 5.32. The Kier molecular flexibility index (Phi) is 4.36. The summed E-state index contributed by atoms with van der Waals surface area (Å²) >= 11 is 5.71. The molecule has 1 aromatic rings. The minimum Gasteiger partial charge on any atom is -0.310 e. The highest BCUT2D eigenvalue weighted by molar-refractivity contribution is 6.30. The van der Waals surface area contributed by atoms with E-state index in [1.165, 1.54) is 6.07 Å². The van der Waals surface area contributed by atoms with Crippen LogP contribution in [0.1, 0.15) is 31.9 Å². The first-order valence-electron chi connectivity index (χ1n) is 4.87. The third kappa shape index (κ3) is 2.69. The van der Waals surface area contributed by atoms with E-state index in [9.17, 15) is 4.39 Å². The van der Waals surface area contributed by atoms with Crippen molar-refractivity contribution in [1.29, 1.82) is 0 Å². The van der Waals surface area contributed by atoms with Crippen LogP contribution in [0.3, 0.4) is 0 Å². The zero-order valence-corrected chi connectivity index (χ0v) is 9.24. The average Bonchev–Trinajstić information content (AvgIpc) is 2.19. The monoisotopic (exact) mass is 215 g/mol. The summed E-state index contributed by atoms with van der Waals surface area (Å²) in [7, 11) is 0. The molecule has 0 aliphatic heterocycles. The van der Waals surface area contributed by atoms with Gasteiger partial charge in [-0.15, -0.1) is 0 Å². The smallest absolute Gasteiger partial charge is 0.141 e. The van der Waals surface area contributed by atoms with E-state index in [2.05, 4.69) is 12.2 Å². The molecule has 0 fully saturated rings. The Labute approximate surface area is 89.3 Å². The summed E-state index contributed by atoms with van der Waals surface area (Å²) in [5.74, 6) is -0.359. The number of rotatable bonds is 4. The third-order valence-electron chi connectivity index (χ3n) is 2.20. The van der Waals surface area contributed by atoms with Crippen LogP contribution >= 0.6 is 11.6 Å². The summed E-state index contributed by atoms with van der Waals surface area (Å²) < 4.78 is 12.9. The minimum absolute atomic E-state index is 0.193. The summed E-state index contributed by atoms with van der Waals surface area (Å²) in [4.78, 5) is 0. The molecule has 1 rings (SSSR count). The largest absolute Gasteiger partial charge is 0.310 e. The topological polar surface area (TPSA) is 12.0 Å². The standard InChI is InChI=1S/C11H15ClFN/c1-3-11(14-4-2)8-5-6-10(13)9(12)7-8/h5-7,11,14H,3-4H2,1-2H3. The van der Waals surface area contributed by atoms with E-state index in [0.29, 0.717) is 0 Å². The quantitative estimate of drug-likeness (QED) is 0.810. The average molecular weight is 216 g/mol. The van der Waals surface area contributed by atoms with Gasteiger partial charge in [-0.3, -0.25) is 0 Å². The molecule has 0 aromatic heterocycles. The molecule has 0 aliphatic rings. The Hall–Kier alpha value is -0.600. The van der Waals surface area contributed by atoms with Crippen molar-refractivity contribution in [3.05, 3.63) is 34.6 Å². The van der Waals surface area contributed by atoms with Gasteiger partial charge in [0.05, 0.1) is 5.02 Å². The highest BCUT2D eigenvalue weighted by Crippen LogP contribution is 2.22. The van der Waals surface area contributed by atoms with Crippen molar-refractivity contribution in [1.82, 2.24) is 5.32 Å². The Morgan fingerprint density at radius 2 is 2.14 bits per heavy atom. The van der Waals surface area contributed by atoms with Gasteiger partial charge in [0.25, 0.3) is 0 Å². The molecule has 0 radical (unpaired) electrons. The fourth-order valence-corrected chi connectivity index (χ4v) is 1.66. The van der Waals surface area contributed by atoms with E-state index in [1.807, 2.05) is 6.92 Å². The molecule has 0 spiro atoms. The molecule has 1 atom stereocenters. The minimum atomic E-state index is -0.359. The van der Waals surface area contributed by atoms with E-state index >= 15 is 0 Å². The highest BCUT2D eigenvalue weighted by atomic mass is 35.5. The highest BCUT2D eigenvalue weighted by Gasteiger charge is 2.09. The van der Waals surface area contributed by atoms with Crippen LogP contribution in [0.25, 0.3) is 0 Å². The van der Waals surface area contributed by atoms with Crippen molar-refractivity contribution < 1.29 is 4.39 Å². The lowest BCUT2D eigenvalue weighted by Gasteiger charge is -2.16. The predicted molar refractivity (Wildman–Crippen MR) is 58.1 cm³/mol. The summed E-state index contributed by atoms with van der Waals surface area (Å²) in [6.07, 6.45) is 0.968. The van der Waals surface area contributed by atoms with Crippen LogP contribution in [0.5, 0.6) is 0 Å². The van der Waals surface area contributed by atoms with Crippen LogP contribution in [0.15, 0.2) is 18.2 Å². The Bertz CT molecular complexity index is 301. The summed E-state index contributed by atoms with van der Waals surface area (Å²) in [6, 6.07) is 5.14. The third-order valence-corrected chi connectivity index (χ3v) is 2.49. The first kappa shape index (κ1) is 11.5. The summed E-state index contributed by atoms with van der Waals surface area (Å²) in [6.45, 7) is 5.03. The zero-order chi connectivity index (χ0) is 10.6. The molecular formula is C11H15ClFN. The van der Waals surface area contributed by atoms with E-state index in [-0.39, 0.29) is 16.9 Å². The van der Waals surface area contributed by atoms with Gasteiger partial charge in [-0.25, -0.2) is 4.39 Å². The fourth-order valence-electron chi connectivity index (χ4n) is 1.47. The molecule has 1 aromatic carbocycles. The lowest BCUT2D eigenvalue weighted by atomic mass is 10.0. The molecule has 0 aliphatic carbocycles. The number of nitrogens with one attached hydrogen (secondary N) is 1. The molecule has 1 nitrogen and oxygen atoms in total. The van der Waals surface area contributed by atoms with Gasteiger partial charge in [0.1, 0.15) is 5.82 Å². The van der Waals surface area contributed by atoms with Crippen molar-refractivity contribution in [2.24, 2.45) is 0 Å². The van der Waals surface area contributed by atoms with E-state index in [0.717, 1.165) is 18.5 Å². The normalized spacial score (nSPS) is 12.9. The van der Waals surface area contributed by atoms with E-state index in [4.69, 9.17) is 11.6 Å². The van der Waals surface area contributed by atoms with Gasteiger partial charge in [0, 0.05) is 6.04 Å². The number of hydrogen-bond acceptors (Lipinski definition) is 1. The maximum atomic E-state index is 12.9. The zero-order valence-electron chi connectivity index (χ0n) is 8.48. The van der Waals surface area contributed by atoms with Gasteiger partial charge in [-0.1, -0.05) is 31.5 Å². The first-order valence-corrected chi connectivity index (χ1v) is 5.25. The van der Waals surface area contributed by atoms with Crippen LogP contribution < -0.4 is 5.32 Å². The van der Waals surface area contributed by atoms with Gasteiger partial charge >= 0.3 is 0 Å². The van der Waals surface area contributed by atoms with Crippen LogP contribution in [-0.4, -0.2) is 6.54 Å². The first-order chi connectivity index (χ1) is 6.69. The van der Waals surface area contributed by atoms with Gasteiger partial charge in [0.15, 0.2) is 0 Å². The van der Waals surface area contributed by atoms with Crippen LogP contribution in [-0.2, 0) is 0 Å². The van der Waals surface area contributed by atoms with Crippen molar-refractivity contribution >= 4 is 11.6 Å². The molecule has 1 N–H and O–H groups in total. The predicted octanol–water partition coefficient (Wildman–Crippen LogP) is 3.54. The maximum absolute atomic E-state index is 12.9. The van der Waals surface area contributed by atoms with Crippen molar-refractivity contribution in [2.75, 3.05) is 6.54 Å². The molecule has 0 saturated heterocycles. The van der Waals surface area contributed by atoms with Gasteiger partial charge in [-0.2, -0.15) is 0 Å². The molecule has 0 heterocycles. The van der Waals surface area contributed by atoms with Gasteiger partial charge in [0.2, 0.25) is 0 Å². The second-order valence-electron chi connectivity index (χ2n) is 3.19. The molecule has 0 bridgehead atoms. The Morgan fingerprint density at radius 3 is 2.64 bits per heavy atom. The van der Waals surface area contributed by atoms with Crippen LogP contribution in [0.4, 0.5) is 4.39 Å². The number of halogens is 2. The molecule has 0 saturated carbocycles. The molecular weight excluding hydrogens is 201 g/mol. The lowest BCUT2D eigenvalue weighted by Crippen LogP contribution is -2.20. The number of hydrogen-bond donors (Lipinski definition) is 1. The molecule has 78 valence electrons. The van der Waals surface area contributed by atoms with Gasteiger partial charge < -0.3 is 5.32 Å². The summed E-state index contributed by atoms with van der Waals surface area (Å²) in [5, 5.41) is 3.51. The SMILES string of the molecule is CCNC(CC)c1ccc(F)c(Cl)c1. The van der Waals surface area contributed by atoms with Crippen molar-refractivity contribution in [3.8, 4) is 0 Å². The Balaban J connectivity index is 2.88. The van der Waals surface area contributed by atoms with E-state index < -0.39 is 0 Å². The fraction of sp³-hybridized carbons (Fsp3) is 0.455.